The van der Waals surface area contributed by atoms with Crippen LogP contribution in [0.3, 0.4) is 0 Å². The number of benzene rings is 2. The number of anilines is 2. The Morgan fingerprint density at radius 3 is 2.50 bits per heavy atom. The summed E-state index contributed by atoms with van der Waals surface area (Å²) in [6, 6.07) is 14.0. The molecule has 0 spiro atoms. The Balaban J connectivity index is 0.000000253. The van der Waals surface area contributed by atoms with Gasteiger partial charge in [0.1, 0.15) is 22.8 Å². The highest BCUT2D eigenvalue weighted by Crippen LogP contribution is 2.33. The number of nitrogens with zero attached hydrogens (tertiary/aromatic N) is 4. The number of aromatic carboxylic acids is 1. The van der Waals surface area contributed by atoms with E-state index in [-0.39, 0.29) is 54.4 Å². The maximum atomic E-state index is 12.8. The first-order valence-corrected chi connectivity index (χ1v) is 14.5. The molecule has 0 bridgehead atoms. The van der Waals surface area contributed by atoms with E-state index in [1.165, 1.54) is 0 Å². The van der Waals surface area contributed by atoms with E-state index in [2.05, 4.69) is 35.3 Å². The van der Waals surface area contributed by atoms with Gasteiger partial charge < -0.3 is 32.3 Å². The van der Waals surface area contributed by atoms with Crippen LogP contribution in [-0.4, -0.2) is 46.6 Å². The Morgan fingerprint density at radius 2 is 1.82 bits per heavy atom. The Kier molecular flexibility index (Phi) is 10.8. The van der Waals surface area contributed by atoms with Gasteiger partial charge in [0.2, 0.25) is 11.7 Å². The van der Waals surface area contributed by atoms with Crippen LogP contribution < -0.4 is 38.7 Å². The number of carboxylic acids is 1. The summed E-state index contributed by atoms with van der Waals surface area (Å²) in [5.41, 5.74) is 14.2. The molecule has 0 saturated heterocycles. The van der Waals surface area contributed by atoms with Gasteiger partial charge in [0.05, 0.1) is 12.2 Å². The molecule has 1 aliphatic rings. The van der Waals surface area contributed by atoms with Crippen LogP contribution in [0.2, 0.25) is 0 Å². The number of nitrogens with one attached hydrogen (secondary N) is 3. The molecule has 50 heavy (non-hydrogen) atoms. The molecule has 0 radical (unpaired) electrons. The number of carbonyl (C=O) groups is 2. The van der Waals surface area contributed by atoms with Crippen LogP contribution in [0, 0.1) is 0 Å². The second-order valence-electron chi connectivity index (χ2n) is 10.8. The highest BCUT2D eigenvalue weighted by Gasteiger charge is 2.27. The number of amides is 1. The molecule has 1 atom stereocenters. The van der Waals surface area contributed by atoms with Crippen molar-refractivity contribution in [1.82, 2.24) is 29.8 Å². The van der Waals surface area contributed by atoms with E-state index >= 15 is 0 Å². The van der Waals surface area contributed by atoms with Gasteiger partial charge in [-0.15, -0.1) is 12.4 Å². The first-order valence-electron chi connectivity index (χ1n) is 14.5. The molecule has 0 aliphatic heterocycles. The second kappa shape index (κ2) is 14.8. The van der Waals surface area contributed by atoms with Crippen molar-refractivity contribution in [1.29, 1.82) is 0 Å². The van der Waals surface area contributed by atoms with Crippen LogP contribution in [0.5, 0.6) is 5.88 Å². The van der Waals surface area contributed by atoms with E-state index < -0.39 is 34.4 Å². The molecule has 6 aromatic rings. The highest BCUT2D eigenvalue weighted by molar-refractivity contribution is 5.96. The number of carbonyl (C=O) groups excluding carboxylic acids is 1. The molecule has 0 saturated carbocycles. The number of aromatic hydroxyl groups is 1. The summed E-state index contributed by atoms with van der Waals surface area (Å²) in [5.74, 6) is -2.67. The quantitative estimate of drug-likeness (QED) is 0.111. The third kappa shape index (κ3) is 7.23. The van der Waals surface area contributed by atoms with Crippen molar-refractivity contribution in [2.24, 2.45) is 5.73 Å². The summed E-state index contributed by atoms with van der Waals surface area (Å²) >= 11 is 0. The van der Waals surface area contributed by atoms with Gasteiger partial charge in [-0.1, -0.05) is 49.0 Å². The number of aromatic amines is 1. The molecule has 1 amide bonds. The normalized spacial score (nSPS) is 13.0. The molecule has 1 aliphatic carbocycles. The average Bonchev–Trinajstić information content (AvgIpc) is 3.81. The van der Waals surface area contributed by atoms with Crippen LogP contribution in [0.4, 0.5) is 11.4 Å². The number of rotatable bonds is 8. The number of H-pyrrole nitrogens is 1. The minimum absolute atomic E-state index is 0. The third-order valence-electron chi connectivity index (χ3n) is 7.76. The number of nitrogens with two attached hydrogens (primary N) is 2. The molecular weight excluding hydrogens is 674 g/mol. The van der Waals surface area contributed by atoms with Crippen LogP contribution in [-0.2, 0) is 19.5 Å². The van der Waals surface area contributed by atoms with Crippen LogP contribution >= 0.6 is 12.4 Å². The smallest absolute Gasteiger partial charge is 0.439 e. The summed E-state index contributed by atoms with van der Waals surface area (Å²) in [6.07, 6.45) is 2.44. The van der Waals surface area contributed by atoms with Gasteiger partial charge in [0.25, 0.3) is 16.8 Å². The largest absolute Gasteiger partial charge is 0.492 e. The first kappa shape index (κ1) is 36.5. The zero-order chi connectivity index (χ0) is 34.1. The van der Waals surface area contributed by atoms with E-state index in [9.17, 15) is 34.2 Å². The molecule has 7 rings (SSSR count). The van der Waals surface area contributed by atoms with Crippen molar-refractivity contribution < 1.29 is 24.3 Å². The van der Waals surface area contributed by atoms with Crippen molar-refractivity contribution in [3.63, 3.8) is 0 Å². The van der Waals surface area contributed by atoms with Crippen LogP contribution in [0.25, 0.3) is 17.2 Å². The third-order valence-corrected chi connectivity index (χ3v) is 7.76. The molecule has 18 heteroatoms. The van der Waals surface area contributed by atoms with E-state index in [0.29, 0.717) is 37.3 Å². The fourth-order valence-corrected chi connectivity index (χ4v) is 5.38. The van der Waals surface area contributed by atoms with Gasteiger partial charge in [0, 0.05) is 24.7 Å². The van der Waals surface area contributed by atoms with Gasteiger partial charge >= 0.3 is 11.7 Å². The monoisotopic (exact) mass is 705 g/mol. The Hall–Kier alpha value is -6.33. The van der Waals surface area contributed by atoms with Crippen molar-refractivity contribution >= 4 is 41.4 Å². The summed E-state index contributed by atoms with van der Waals surface area (Å²) < 4.78 is 5.62. The second-order valence-corrected chi connectivity index (χ2v) is 10.8. The minimum Gasteiger partial charge on any atom is -0.492 e. The number of imidazole rings is 1. The summed E-state index contributed by atoms with van der Waals surface area (Å²) in [6.45, 7) is 0.916. The molecular formula is C32H32ClN9O8. The zero-order valence-corrected chi connectivity index (χ0v) is 26.1. The van der Waals surface area contributed by atoms with Gasteiger partial charge in [-0.2, -0.15) is 4.98 Å². The minimum atomic E-state index is -1.29. The predicted octanol–water partition coefficient (Wildman–Crippen LogP) is 1.89. The fraction of sp³-hybridized carbons (Fsp3) is 0.188. The topological polar surface area (TPSA) is 274 Å². The lowest BCUT2D eigenvalue weighted by Gasteiger charge is -2.14. The van der Waals surface area contributed by atoms with Gasteiger partial charge in [-0.25, -0.2) is 14.6 Å². The lowest BCUT2D eigenvalue weighted by atomic mass is 10.0. The highest BCUT2D eigenvalue weighted by atomic mass is 35.5. The standard InChI is InChI=1S/C19H14N6O6.C12H13N3O2.CH4.ClH/c26-14-7-25-13(17(28)29)6-12(21-18(25)22-14)16(27)20-11-4-2-8-5-9(1-3-10(8)11)15-23-19(30)31-24-15;13-5-7-2-1-3-8(4-7)6-15-10-9(14)11(16)12(10)17;;/h1,3,5-7,11,26H,2,4H2,(H,20,27)(H,28,29)(H,23,24,30);1-4,15H,5-6,13-14H2;1H4;1H/t11-;;;/m0.../s1. The van der Waals surface area contributed by atoms with E-state index in [0.717, 1.165) is 38.9 Å². The number of aromatic nitrogens is 5. The molecule has 17 nitrogen and oxygen atoms in total. The molecule has 0 fully saturated rings. The number of nitrogen functional groups attached to an aromatic ring is 1. The van der Waals surface area contributed by atoms with Crippen LogP contribution in [0.1, 0.15) is 63.1 Å². The lowest BCUT2D eigenvalue weighted by molar-refractivity contribution is 0.0688. The average molecular weight is 706 g/mol. The maximum absolute atomic E-state index is 12.8. The molecule has 3 aromatic heterocycles. The van der Waals surface area contributed by atoms with Gasteiger partial charge in [-0.3, -0.25) is 28.3 Å². The van der Waals surface area contributed by atoms with Crippen molar-refractivity contribution in [3.8, 4) is 17.3 Å². The number of hydrogen-bond acceptors (Lipinski definition) is 13. The van der Waals surface area contributed by atoms with E-state index in [1.54, 1.807) is 6.07 Å². The van der Waals surface area contributed by atoms with E-state index in [1.807, 2.05) is 36.4 Å². The Labute approximate surface area is 288 Å². The number of halogens is 1. The Bertz CT molecular complexity index is 2340. The molecule has 9 N–H and O–H groups in total. The SMILES string of the molecule is C.Cl.NCc1cccc(CNc2c(N)c(=O)c2=O)c1.O=C(N[C@H]1CCc2cc(-c3noc(=O)[nH]3)ccc21)c1cc(C(=O)O)n2cc(O)nc2n1. The fourth-order valence-electron chi connectivity index (χ4n) is 5.38. The molecule has 3 aromatic carbocycles. The lowest BCUT2D eigenvalue weighted by Crippen LogP contribution is -2.36. The van der Waals surface area contributed by atoms with E-state index in [4.69, 9.17) is 11.5 Å². The number of aryl methyl sites for hydroxylation is 1. The number of carboxylic acid groups (broad SMARTS) is 1. The summed E-state index contributed by atoms with van der Waals surface area (Å²) in [4.78, 5) is 67.8. The van der Waals surface area contributed by atoms with Gasteiger partial charge in [-0.05, 0) is 41.2 Å². The predicted molar refractivity (Wildman–Crippen MR) is 184 cm³/mol. The number of fused-ring (bicyclic) bond motifs is 2. The van der Waals surface area contributed by atoms with Crippen molar-refractivity contribution in [2.45, 2.75) is 39.4 Å². The number of hydrogen-bond donors (Lipinski definition) is 7. The molecule has 260 valence electrons. The first-order chi connectivity index (χ1) is 23.0. The molecule has 3 heterocycles. The summed E-state index contributed by atoms with van der Waals surface area (Å²) in [5, 5.41) is 28.4. The zero-order valence-electron chi connectivity index (χ0n) is 25.3. The van der Waals surface area contributed by atoms with Gasteiger partial charge in [0.15, 0.2) is 5.82 Å². The van der Waals surface area contributed by atoms with Crippen molar-refractivity contribution in [3.05, 3.63) is 119 Å². The van der Waals surface area contributed by atoms with Crippen LogP contribution in [0.15, 0.2) is 73.6 Å². The van der Waals surface area contributed by atoms with Crippen molar-refractivity contribution in [2.75, 3.05) is 11.1 Å². The Morgan fingerprint density at radius 1 is 1.06 bits per heavy atom. The summed E-state index contributed by atoms with van der Waals surface area (Å²) in [7, 11) is 0. The molecule has 0 unspecified atom stereocenters. The maximum Gasteiger partial charge on any atom is 0.439 e.